The standard InChI is InChI=1S/C12H6F5NO/c13-7-3-1-2-6(10(7)14)11-8(19)4-5-9(18-11)12(15,16)17/h1-5,19H. The van der Waals surface area contributed by atoms with Crippen LogP contribution >= 0.6 is 0 Å². The predicted octanol–water partition coefficient (Wildman–Crippen LogP) is 3.75. The number of aromatic hydroxyl groups is 1. The molecule has 2 nitrogen and oxygen atoms in total. The molecule has 0 saturated heterocycles. The van der Waals surface area contributed by atoms with E-state index in [0.717, 1.165) is 24.3 Å². The van der Waals surface area contributed by atoms with E-state index < -0.39 is 40.5 Å². The number of aromatic nitrogens is 1. The Morgan fingerprint density at radius 1 is 1.00 bits per heavy atom. The molecule has 0 aliphatic rings. The molecular weight excluding hydrogens is 269 g/mol. The number of rotatable bonds is 1. The Bertz CT molecular complexity index is 624. The van der Waals surface area contributed by atoms with Crippen molar-refractivity contribution in [2.24, 2.45) is 0 Å². The van der Waals surface area contributed by atoms with E-state index in [1.165, 1.54) is 0 Å². The Morgan fingerprint density at radius 2 is 1.68 bits per heavy atom. The van der Waals surface area contributed by atoms with E-state index in [1.54, 1.807) is 0 Å². The molecule has 0 unspecified atom stereocenters. The maximum absolute atomic E-state index is 13.5. The van der Waals surface area contributed by atoms with Gasteiger partial charge in [0.05, 0.1) is 0 Å². The lowest BCUT2D eigenvalue weighted by Gasteiger charge is -2.10. The third-order valence-electron chi connectivity index (χ3n) is 2.37. The molecule has 1 N–H and O–H groups in total. The van der Waals surface area contributed by atoms with Crippen molar-refractivity contribution in [2.75, 3.05) is 0 Å². The Kier molecular flexibility index (Phi) is 3.13. The molecule has 2 aromatic rings. The second-order valence-electron chi connectivity index (χ2n) is 3.66. The van der Waals surface area contributed by atoms with Crippen LogP contribution in [-0.4, -0.2) is 10.1 Å². The van der Waals surface area contributed by atoms with E-state index in [1.807, 2.05) is 0 Å². The van der Waals surface area contributed by atoms with Gasteiger partial charge in [-0.15, -0.1) is 0 Å². The lowest BCUT2D eigenvalue weighted by Crippen LogP contribution is -2.08. The van der Waals surface area contributed by atoms with Crippen LogP contribution in [0.3, 0.4) is 0 Å². The molecule has 2 rings (SSSR count). The summed E-state index contributed by atoms with van der Waals surface area (Å²) in [6, 6.07) is 4.23. The fourth-order valence-electron chi connectivity index (χ4n) is 1.49. The van der Waals surface area contributed by atoms with E-state index in [0.29, 0.717) is 6.07 Å². The van der Waals surface area contributed by atoms with Crippen LogP contribution in [0.15, 0.2) is 30.3 Å². The van der Waals surface area contributed by atoms with Crippen LogP contribution < -0.4 is 0 Å². The average Bonchev–Trinajstić information content (AvgIpc) is 2.32. The molecule has 0 spiro atoms. The highest BCUT2D eigenvalue weighted by molar-refractivity contribution is 5.66. The van der Waals surface area contributed by atoms with Crippen molar-refractivity contribution < 1.29 is 27.1 Å². The summed E-state index contributed by atoms with van der Waals surface area (Å²) in [4.78, 5) is 3.13. The van der Waals surface area contributed by atoms with Gasteiger partial charge in [-0.2, -0.15) is 13.2 Å². The van der Waals surface area contributed by atoms with Crippen molar-refractivity contribution in [1.29, 1.82) is 0 Å². The summed E-state index contributed by atoms with van der Waals surface area (Å²) in [7, 11) is 0. The summed E-state index contributed by atoms with van der Waals surface area (Å²) in [6.45, 7) is 0. The molecule has 0 radical (unpaired) electrons. The third-order valence-corrected chi connectivity index (χ3v) is 2.37. The summed E-state index contributed by atoms with van der Waals surface area (Å²) in [5, 5.41) is 9.45. The van der Waals surface area contributed by atoms with Crippen LogP contribution in [-0.2, 0) is 6.18 Å². The number of alkyl halides is 3. The van der Waals surface area contributed by atoms with Gasteiger partial charge in [-0.1, -0.05) is 6.07 Å². The van der Waals surface area contributed by atoms with Crippen molar-refractivity contribution in [3.63, 3.8) is 0 Å². The molecule has 1 heterocycles. The molecule has 7 heteroatoms. The van der Waals surface area contributed by atoms with Crippen LogP contribution in [0.25, 0.3) is 11.3 Å². The molecule has 100 valence electrons. The molecule has 0 fully saturated rings. The summed E-state index contributed by atoms with van der Waals surface area (Å²) >= 11 is 0. The zero-order chi connectivity index (χ0) is 14.2. The Morgan fingerprint density at radius 3 is 2.32 bits per heavy atom. The minimum Gasteiger partial charge on any atom is -0.506 e. The van der Waals surface area contributed by atoms with E-state index in [2.05, 4.69) is 4.98 Å². The second kappa shape index (κ2) is 4.49. The fraction of sp³-hybridized carbons (Fsp3) is 0.0833. The highest BCUT2D eigenvalue weighted by Gasteiger charge is 2.33. The summed E-state index contributed by atoms with van der Waals surface area (Å²) < 4.78 is 64.0. The Labute approximate surface area is 104 Å². The molecule has 1 aromatic heterocycles. The number of hydrogen-bond donors (Lipinski definition) is 1. The minimum atomic E-state index is -4.74. The van der Waals surface area contributed by atoms with Gasteiger partial charge in [0, 0.05) is 5.56 Å². The van der Waals surface area contributed by atoms with Crippen molar-refractivity contribution in [1.82, 2.24) is 4.98 Å². The zero-order valence-corrected chi connectivity index (χ0v) is 9.17. The second-order valence-corrected chi connectivity index (χ2v) is 3.66. The SMILES string of the molecule is Oc1ccc(C(F)(F)F)nc1-c1cccc(F)c1F. The van der Waals surface area contributed by atoms with Crippen LogP contribution in [0, 0.1) is 11.6 Å². The maximum atomic E-state index is 13.5. The lowest BCUT2D eigenvalue weighted by molar-refractivity contribution is -0.141. The smallest absolute Gasteiger partial charge is 0.433 e. The van der Waals surface area contributed by atoms with Gasteiger partial charge in [-0.25, -0.2) is 13.8 Å². The maximum Gasteiger partial charge on any atom is 0.433 e. The zero-order valence-electron chi connectivity index (χ0n) is 9.17. The molecule has 0 atom stereocenters. The summed E-state index contributed by atoms with van der Waals surface area (Å²) in [6.07, 6.45) is -4.74. The molecule has 0 saturated carbocycles. The number of halogens is 5. The van der Waals surface area contributed by atoms with Gasteiger partial charge in [-0.05, 0) is 24.3 Å². The van der Waals surface area contributed by atoms with E-state index in [-0.39, 0.29) is 0 Å². The molecular formula is C12H6F5NO. The van der Waals surface area contributed by atoms with Gasteiger partial charge in [0.15, 0.2) is 11.6 Å². The number of pyridine rings is 1. The topological polar surface area (TPSA) is 33.1 Å². The van der Waals surface area contributed by atoms with Gasteiger partial charge >= 0.3 is 6.18 Å². The lowest BCUT2D eigenvalue weighted by atomic mass is 10.1. The van der Waals surface area contributed by atoms with Crippen molar-refractivity contribution in [2.45, 2.75) is 6.18 Å². The Balaban J connectivity index is 2.65. The molecule has 0 amide bonds. The first kappa shape index (κ1) is 13.3. The highest BCUT2D eigenvalue weighted by Crippen LogP contribution is 2.34. The summed E-state index contributed by atoms with van der Waals surface area (Å²) in [5.41, 5.74) is -2.50. The van der Waals surface area contributed by atoms with Crippen LogP contribution in [0.4, 0.5) is 22.0 Å². The van der Waals surface area contributed by atoms with Gasteiger partial charge in [0.2, 0.25) is 0 Å². The predicted molar refractivity (Wildman–Crippen MR) is 56.3 cm³/mol. The normalized spacial score (nSPS) is 11.6. The molecule has 0 bridgehead atoms. The van der Waals surface area contributed by atoms with Gasteiger partial charge in [-0.3, -0.25) is 0 Å². The average molecular weight is 275 g/mol. The minimum absolute atomic E-state index is 0.538. The number of nitrogens with zero attached hydrogens (tertiary/aromatic N) is 1. The van der Waals surface area contributed by atoms with Gasteiger partial charge in [0.1, 0.15) is 17.1 Å². The fourth-order valence-corrected chi connectivity index (χ4v) is 1.49. The van der Waals surface area contributed by atoms with E-state index >= 15 is 0 Å². The van der Waals surface area contributed by atoms with Crippen LogP contribution in [0.5, 0.6) is 5.75 Å². The number of hydrogen-bond acceptors (Lipinski definition) is 2. The largest absolute Gasteiger partial charge is 0.506 e. The van der Waals surface area contributed by atoms with E-state index in [9.17, 15) is 27.1 Å². The van der Waals surface area contributed by atoms with Crippen molar-refractivity contribution in [3.05, 3.63) is 47.7 Å². The van der Waals surface area contributed by atoms with Crippen molar-refractivity contribution >= 4 is 0 Å². The van der Waals surface area contributed by atoms with Crippen LogP contribution in [0.1, 0.15) is 5.69 Å². The molecule has 0 aliphatic carbocycles. The van der Waals surface area contributed by atoms with Crippen molar-refractivity contribution in [3.8, 4) is 17.0 Å². The molecule has 0 aliphatic heterocycles. The monoisotopic (exact) mass is 275 g/mol. The first-order valence-corrected chi connectivity index (χ1v) is 5.02. The molecule has 19 heavy (non-hydrogen) atoms. The first-order chi connectivity index (χ1) is 8.80. The quantitative estimate of drug-likeness (QED) is 0.804. The first-order valence-electron chi connectivity index (χ1n) is 5.02. The van der Waals surface area contributed by atoms with Gasteiger partial charge in [0.25, 0.3) is 0 Å². The summed E-state index contributed by atoms with van der Waals surface area (Å²) in [5.74, 6) is -3.28. The van der Waals surface area contributed by atoms with Gasteiger partial charge < -0.3 is 5.11 Å². The van der Waals surface area contributed by atoms with Crippen LogP contribution in [0.2, 0.25) is 0 Å². The number of benzene rings is 1. The Hall–Kier alpha value is -2.18. The third kappa shape index (κ3) is 2.49. The highest BCUT2D eigenvalue weighted by atomic mass is 19.4. The molecule has 1 aromatic carbocycles. The van der Waals surface area contributed by atoms with E-state index in [4.69, 9.17) is 0 Å².